The predicted octanol–water partition coefficient (Wildman–Crippen LogP) is 2.26. The van der Waals surface area contributed by atoms with Crippen molar-refractivity contribution in [2.24, 2.45) is 23.7 Å². The molecule has 0 amide bonds. The van der Waals surface area contributed by atoms with Crippen LogP contribution < -0.4 is 0 Å². The van der Waals surface area contributed by atoms with Gasteiger partial charge in [-0.2, -0.15) is 0 Å². The standard InChI is InChI=1S/C9H13/c1-5-8-3-6(8)2-7-4-9(5)7/h6-9H,2-4H2,1H3/q+1/t6-,7-,8-,9-/m0/s1. The van der Waals surface area contributed by atoms with E-state index in [1.54, 1.807) is 19.3 Å². The van der Waals surface area contributed by atoms with E-state index in [0.29, 0.717) is 0 Å². The molecule has 0 aliphatic heterocycles. The van der Waals surface area contributed by atoms with Gasteiger partial charge in [0, 0.05) is 11.8 Å². The van der Waals surface area contributed by atoms with Crippen LogP contribution in [0.5, 0.6) is 0 Å². The Bertz CT molecular complexity index is 134. The van der Waals surface area contributed by atoms with Crippen molar-refractivity contribution in [3.05, 3.63) is 5.92 Å². The van der Waals surface area contributed by atoms with Crippen molar-refractivity contribution in [3.63, 3.8) is 0 Å². The first kappa shape index (κ1) is 4.65. The highest BCUT2D eigenvalue weighted by molar-refractivity contribution is 5.20. The van der Waals surface area contributed by atoms with Crippen LogP contribution in [0.25, 0.3) is 0 Å². The van der Waals surface area contributed by atoms with Crippen LogP contribution in [0, 0.1) is 29.6 Å². The fourth-order valence-electron chi connectivity index (χ4n) is 2.80. The van der Waals surface area contributed by atoms with Crippen molar-refractivity contribution in [1.82, 2.24) is 0 Å². The first-order chi connectivity index (χ1) is 4.36. The van der Waals surface area contributed by atoms with E-state index in [0.717, 1.165) is 23.7 Å². The van der Waals surface area contributed by atoms with E-state index >= 15 is 0 Å². The van der Waals surface area contributed by atoms with E-state index in [-0.39, 0.29) is 0 Å². The van der Waals surface area contributed by atoms with Crippen LogP contribution in [0.1, 0.15) is 26.2 Å². The number of rotatable bonds is 0. The van der Waals surface area contributed by atoms with Gasteiger partial charge in [0.25, 0.3) is 0 Å². The normalized spacial score (nSPS) is 60.3. The molecule has 3 saturated carbocycles. The summed E-state index contributed by atoms with van der Waals surface area (Å²) >= 11 is 0. The topological polar surface area (TPSA) is 0 Å². The first-order valence-electron chi connectivity index (χ1n) is 4.19. The Balaban J connectivity index is 1.87. The quantitative estimate of drug-likeness (QED) is 0.431. The smallest absolute Gasteiger partial charge is 0.0385 e. The monoisotopic (exact) mass is 121 g/mol. The lowest BCUT2D eigenvalue weighted by molar-refractivity contribution is 0.491. The van der Waals surface area contributed by atoms with Gasteiger partial charge in [-0.3, -0.25) is 0 Å². The molecule has 4 atom stereocenters. The Kier molecular flexibility index (Phi) is 0.601. The van der Waals surface area contributed by atoms with Crippen molar-refractivity contribution in [2.75, 3.05) is 0 Å². The Hall–Kier alpha value is -0.130. The second-order valence-electron chi connectivity index (χ2n) is 4.18. The Morgan fingerprint density at radius 3 is 2.11 bits per heavy atom. The molecule has 0 unspecified atom stereocenters. The van der Waals surface area contributed by atoms with Gasteiger partial charge in [0.1, 0.15) is 11.8 Å². The molecular formula is C9H13+. The highest BCUT2D eigenvalue weighted by Gasteiger charge is 2.65. The average molecular weight is 121 g/mol. The van der Waals surface area contributed by atoms with E-state index in [2.05, 4.69) is 6.92 Å². The summed E-state index contributed by atoms with van der Waals surface area (Å²) in [7, 11) is 0. The fourth-order valence-corrected chi connectivity index (χ4v) is 2.80. The maximum Gasteiger partial charge on any atom is 0.104 e. The van der Waals surface area contributed by atoms with Crippen LogP contribution >= 0.6 is 0 Å². The zero-order valence-corrected chi connectivity index (χ0v) is 5.93. The van der Waals surface area contributed by atoms with Crippen LogP contribution in [0.2, 0.25) is 0 Å². The van der Waals surface area contributed by atoms with E-state index in [1.807, 2.05) is 5.92 Å². The third-order valence-electron chi connectivity index (χ3n) is 3.62. The second kappa shape index (κ2) is 1.16. The van der Waals surface area contributed by atoms with Gasteiger partial charge < -0.3 is 0 Å². The number of hydrogen-bond donors (Lipinski definition) is 0. The lowest BCUT2D eigenvalue weighted by Crippen LogP contribution is -2.06. The molecule has 0 nitrogen and oxygen atoms in total. The molecule has 3 rings (SSSR count). The van der Waals surface area contributed by atoms with E-state index in [9.17, 15) is 0 Å². The molecular weight excluding hydrogens is 108 g/mol. The highest BCUT2D eigenvalue weighted by Crippen LogP contribution is 2.66. The van der Waals surface area contributed by atoms with Crippen LogP contribution in [-0.2, 0) is 0 Å². The van der Waals surface area contributed by atoms with Crippen molar-refractivity contribution in [1.29, 1.82) is 0 Å². The predicted molar refractivity (Wildman–Crippen MR) is 36.7 cm³/mol. The average Bonchev–Trinajstić information content (AvgIpc) is 2.57. The Morgan fingerprint density at radius 2 is 1.56 bits per heavy atom. The molecule has 0 aromatic rings. The first-order valence-corrected chi connectivity index (χ1v) is 4.19. The molecule has 0 bridgehead atoms. The molecule has 0 aromatic heterocycles. The molecule has 0 saturated heterocycles. The molecule has 0 aromatic carbocycles. The summed E-state index contributed by atoms with van der Waals surface area (Å²) in [4.78, 5) is 0. The zero-order chi connectivity index (χ0) is 6.01. The fraction of sp³-hybridized carbons (Fsp3) is 0.889. The minimum atomic E-state index is 1.11. The van der Waals surface area contributed by atoms with Crippen molar-refractivity contribution in [2.45, 2.75) is 26.2 Å². The van der Waals surface area contributed by atoms with Crippen molar-refractivity contribution in [3.8, 4) is 0 Å². The van der Waals surface area contributed by atoms with Gasteiger partial charge in [-0.15, -0.1) is 0 Å². The molecule has 3 aliphatic rings. The second-order valence-corrected chi connectivity index (χ2v) is 4.18. The lowest BCUT2D eigenvalue weighted by Gasteiger charge is -2.04. The summed E-state index contributed by atoms with van der Waals surface area (Å²) in [6, 6.07) is 0. The van der Waals surface area contributed by atoms with Gasteiger partial charge in [0.15, 0.2) is 0 Å². The van der Waals surface area contributed by atoms with Crippen molar-refractivity contribution < 1.29 is 0 Å². The summed E-state index contributed by atoms with van der Waals surface area (Å²) in [6.45, 7) is 2.40. The Labute approximate surface area is 56.6 Å². The summed E-state index contributed by atoms with van der Waals surface area (Å²) in [6.07, 6.45) is 4.70. The molecule has 0 heterocycles. The highest BCUT2D eigenvalue weighted by atomic mass is 14.6. The summed E-state index contributed by atoms with van der Waals surface area (Å²) in [5.41, 5.74) is 0. The summed E-state index contributed by atoms with van der Waals surface area (Å²) < 4.78 is 0. The minimum Gasteiger partial charge on any atom is -0.0385 e. The van der Waals surface area contributed by atoms with Crippen molar-refractivity contribution >= 4 is 0 Å². The largest absolute Gasteiger partial charge is 0.104 e. The Morgan fingerprint density at radius 1 is 1.00 bits per heavy atom. The van der Waals surface area contributed by atoms with Crippen LogP contribution in [0.15, 0.2) is 0 Å². The summed E-state index contributed by atoms with van der Waals surface area (Å²) in [5, 5.41) is 0. The molecule has 3 fully saturated rings. The third kappa shape index (κ3) is 0.476. The van der Waals surface area contributed by atoms with E-state index in [4.69, 9.17) is 0 Å². The SMILES string of the molecule is C[C+]1[C@@H]2C[C@@H]2C[C@H]2C[C@@H]12. The molecule has 0 spiro atoms. The van der Waals surface area contributed by atoms with Gasteiger partial charge in [-0.1, -0.05) is 0 Å². The van der Waals surface area contributed by atoms with Gasteiger partial charge in [-0.25, -0.2) is 0 Å². The minimum absolute atomic E-state index is 1.11. The third-order valence-corrected chi connectivity index (χ3v) is 3.62. The van der Waals surface area contributed by atoms with Gasteiger partial charge >= 0.3 is 0 Å². The van der Waals surface area contributed by atoms with E-state index in [1.165, 1.54) is 0 Å². The van der Waals surface area contributed by atoms with Crippen LogP contribution in [-0.4, -0.2) is 0 Å². The van der Waals surface area contributed by atoms with E-state index < -0.39 is 0 Å². The van der Waals surface area contributed by atoms with Gasteiger partial charge in [-0.05, 0) is 19.3 Å². The van der Waals surface area contributed by atoms with Gasteiger partial charge in [0.05, 0.1) is 12.8 Å². The molecule has 0 radical (unpaired) electrons. The maximum atomic E-state index is 2.40. The molecule has 48 valence electrons. The molecule has 9 heavy (non-hydrogen) atoms. The summed E-state index contributed by atoms with van der Waals surface area (Å²) in [5.74, 6) is 6.40. The zero-order valence-electron chi connectivity index (χ0n) is 5.93. The van der Waals surface area contributed by atoms with Crippen LogP contribution in [0.3, 0.4) is 0 Å². The van der Waals surface area contributed by atoms with Crippen LogP contribution in [0.4, 0.5) is 0 Å². The molecule has 3 aliphatic carbocycles. The number of hydrogen-bond acceptors (Lipinski definition) is 0. The molecule has 0 N–H and O–H groups in total. The molecule has 0 heteroatoms. The lowest BCUT2D eigenvalue weighted by atomic mass is 9.91. The number of fused-ring (bicyclic) bond motifs is 2. The van der Waals surface area contributed by atoms with Gasteiger partial charge in [0.2, 0.25) is 0 Å². The maximum absolute atomic E-state index is 2.40.